The Labute approximate surface area is 182 Å². The first-order chi connectivity index (χ1) is 15.1. The lowest BCUT2D eigenvalue weighted by atomic mass is 10.0. The summed E-state index contributed by atoms with van der Waals surface area (Å²) in [7, 11) is 1.56. The Hall–Kier alpha value is -3.16. The van der Waals surface area contributed by atoms with Gasteiger partial charge in [0.2, 0.25) is 0 Å². The second kappa shape index (κ2) is 9.32. The van der Waals surface area contributed by atoms with E-state index in [0.29, 0.717) is 43.2 Å². The van der Waals surface area contributed by atoms with E-state index in [-0.39, 0.29) is 17.5 Å². The molecular formula is C24H27N3O4. The first-order valence-electron chi connectivity index (χ1n) is 10.5. The van der Waals surface area contributed by atoms with E-state index in [0.717, 1.165) is 24.3 Å². The van der Waals surface area contributed by atoms with Gasteiger partial charge in [0.25, 0.3) is 11.8 Å². The fourth-order valence-electron chi connectivity index (χ4n) is 3.91. The van der Waals surface area contributed by atoms with Crippen molar-refractivity contribution in [3.63, 3.8) is 0 Å². The lowest BCUT2D eigenvalue weighted by Gasteiger charge is -2.28. The number of morpholine rings is 1. The van der Waals surface area contributed by atoms with Gasteiger partial charge in [-0.2, -0.15) is 0 Å². The highest BCUT2D eigenvalue weighted by atomic mass is 16.5. The summed E-state index contributed by atoms with van der Waals surface area (Å²) in [6.45, 7) is 5.87. The molecule has 0 unspecified atom stereocenters. The highest BCUT2D eigenvalue weighted by Crippen LogP contribution is 2.35. The van der Waals surface area contributed by atoms with Crippen molar-refractivity contribution in [2.45, 2.75) is 6.92 Å². The van der Waals surface area contributed by atoms with Crippen molar-refractivity contribution >= 4 is 23.1 Å². The molecule has 1 saturated heterocycles. The molecule has 2 aromatic rings. The van der Waals surface area contributed by atoms with Crippen molar-refractivity contribution in [1.29, 1.82) is 0 Å². The van der Waals surface area contributed by atoms with Gasteiger partial charge < -0.3 is 14.8 Å². The zero-order chi connectivity index (χ0) is 21.8. The second-order valence-corrected chi connectivity index (χ2v) is 7.61. The summed E-state index contributed by atoms with van der Waals surface area (Å²) in [5, 5.41) is 3.24. The highest BCUT2D eigenvalue weighted by molar-refractivity contribution is 6.37. The number of nitrogens with one attached hydrogen (secondary N) is 1. The maximum absolute atomic E-state index is 13.5. The summed E-state index contributed by atoms with van der Waals surface area (Å²) in [6.07, 6.45) is 0. The summed E-state index contributed by atoms with van der Waals surface area (Å²) < 4.78 is 10.9. The monoisotopic (exact) mass is 421 g/mol. The maximum atomic E-state index is 13.5. The summed E-state index contributed by atoms with van der Waals surface area (Å²) in [5.74, 6) is -0.0703. The van der Waals surface area contributed by atoms with Crippen molar-refractivity contribution in [1.82, 2.24) is 9.80 Å². The first kappa shape index (κ1) is 21.1. The molecule has 0 bridgehead atoms. The van der Waals surface area contributed by atoms with Gasteiger partial charge in [0.1, 0.15) is 11.4 Å². The Balaban J connectivity index is 1.68. The highest BCUT2D eigenvalue weighted by Gasteiger charge is 2.40. The predicted molar refractivity (Wildman–Crippen MR) is 119 cm³/mol. The van der Waals surface area contributed by atoms with Gasteiger partial charge in [0.05, 0.1) is 25.9 Å². The van der Waals surface area contributed by atoms with E-state index in [1.54, 1.807) is 13.2 Å². The average Bonchev–Trinajstić information content (AvgIpc) is 3.03. The van der Waals surface area contributed by atoms with Crippen LogP contribution in [0.25, 0.3) is 5.57 Å². The molecule has 2 aliphatic heterocycles. The van der Waals surface area contributed by atoms with Crippen LogP contribution in [0.15, 0.2) is 54.2 Å². The number of hydrogen-bond acceptors (Lipinski definition) is 6. The zero-order valence-corrected chi connectivity index (χ0v) is 17.9. The molecule has 4 rings (SSSR count). The van der Waals surface area contributed by atoms with E-state index in [1.807, 2.05) is 49.4 Å². The van der Waals surface area contributed by atoms with Gasteiger partial charge >= 0.3 is 0 Å². The SMILES string of the molecule is COc1ccccc1C1=C(Nc2ccccc2C)C(=O)N(CCN2CCOCC2)C1=O. The number of methoxy groups -OCH3 is 1. The maximum Gasteiger partial charge on any atom is 0.278 e. The first-order valence-corrected chi connectivity index (χ1v) is 10.5. The van der Waals surface area contributed by atoms with Crippen LogP contribution in [0, 0.1) is 6.92 Å². The Kier molecular flexibility index (Phi) is 6.34. The lowest BCUT2D eigenvalue weighted by Crippen LogP contribution is -2.43. The minimum absolute atomic E-state index is 0.283. The van der Waals surface area contributed by atoms with E-state index >= 15 is 0 Å². The largest absolute Gasteiger partial charge is 0.496 e. The number of para-hydroxylation sites is 2. The van der Waals surface area contributed by atoms with E-state index in [2.05, 4.69) is 10.2 Å². The number of imide groups is 1. The van der Waals surface area contributed by atoms with Crippen molar-refractivity contribution in [3.05, 3.63) is 65.4 Å². The number of carbonyl (C=O) groups excluding carboxylic acids is 2. The Morgan fingerprint density at radius 1 is 0.968 bits per heavy atom. The molecule has 7 heteroatoms. The molecule has 0 atom stereocenters. The molecule has 0 aliphatic carbocycles. The molecule has 2 amide bonds. The molecule has 1 N–H and O–H groups in total. The number of hydrogen-bond donors (Lipinski definition) is 1. The van der Waals surface area contributed by atoms with Gasteiger partial charge in [-0.25, -0.2) is 0 Å². The van der Waals surface area contributed by atoms with Gasteiger partial charge in [0, 0.05) is 37.4 Å². The van der Waals surface area contributed by atoms with Crippen LogP contribution >= 0.6 is 0 Å². The number of rotatable bonds is 7. The summed E-state index contributed by atoms with van der Waals surface area (Å²) in [6, 6.07) is 15.0. The van der Waals surface area contributed by atoms with E-state index in [1.165, 1.54) is 4.90 Å². The fraction of sp³-hybridized carbons (Fsp3) is 0.333. The van der Waals surface area contributed by atoms with Crippen molar-refractivity contribution in [3.8, 4) is 5.75 Å². The molecule has 0 aromatic heterocycles. The molecule has 2 aromatic carbocycles. The predicted octanol–water partition coefficient (Wildman–Crippen LogP) is 2.53. The van der Waals surface area contributed by atoms with Gasteiger partial charge in [-0.3, -0.25) is 19.4 Å². The zero-order valence-electron chi connectivity index (χ0n) is 17.9. The normalized spacial score (nSPS) is 17.4. The molecule has 162 valence electrons. The summed E-state index contributed by atoms with van der Waals surface area (Å²) in [4.78, 5) is 30.4. The van der Waals surface area contributed by atoms with Gasteiger partial charge in [-0.05, 0) is 24.6 Å². The number of amides is 2. The minimum atomic E-state index is -0.317. The van der Waals surface area contributed by atoms with Gasteiger partial charge in [-0.15, -0.1) is 0 Å². The molecular weight excluding hydrogens is 394 g/mol. The van der Waals surface area contributed by atoms with Crippen LogP contribution in [0.5, 0.6) is 5.75 Å². The summed E-state index contributed by atoms with van der Waals surface area (Å²) >= 11 is 0. The van der Waals surface area contributed by atoms with Crippen LogP contribution in [0.1, 0.15) is 11.1 Å². The minimum Gasteiger partial charge on any atom is -0.496 e. The summed E-state index contributed by atoms with van der Waals surface area (Å²) in [5.41, 5.74) is 3.01. The molecule has 0 spiro atoms. The van der Waals surface area contributed by atoms with Gasteiger partial charge in [-0.1, -0.05) is 36.4 Å². The average molecular weight is 421 g/mol. The van der Waals surface area contributed by atoms with E-state index in [9.17, 15) is 9.59 Å². The van der Waals surface area contributed by atoms with Crippen molar-refractivity contribution in [2.75, 3.05) is 51.8 Å². The van der Waals surface area contributed by atoms with Crippen LogP contribution < -0.4 is 10.1 Å². The molecule has 2 heterocycles. The number of aryl methyl sites for hydroxylation is 1. The number of ether oxygens (including phenoxy) is 2. The van der Waals surface area contributed by atoms with Crippen LogP contribution in [0.4, 0.5) is 5.69 Å². The molecule has 1 fully saturated rings. The molecule has 0 saturated carbocycles. The van der Waals surface area contributed by atoms with E-state index < -0.39 is 0 Å². The number of anilines is 1. The van der Waals surface area contributed by atoms with Crippen LogP contribution in [-0.2, 0) is 14.3 Å². The number of carbonyl (C=O) groups is 2. The third kappa shape index (κ3) is 4.33. The van der Waals surface area contributed by atoms with Crippen molar-refractivity contribution in [2.24, 2.45) is 0 Å². The second-order valence-electron chi connectivity index (χ2n) is 7.61. The fourth-order valence-corrected chi connectivity index (χ4v) is 3.91. The topological polar surface area (TPSA) is 71.1 Å². The Bertz CT molecular complexity index is 1010. The standard InChI is InChI=1S/C24H27N3O4/c1-17-7-3-5-9-19(17)25-22-21(18-8-4-6-10-20(18)30-2)23(28)27(24(22)29)12-11-26-13-15-31-16-14-26/h3-10,25H,11-16H2,1-2H3. The van der Waals surface area contributed by atoms with Gasteiger partial charge in [0.15, 0.2) is 0 Å². The Morgan fingerprint density at radius 3 is 2.42 bits per heavy atom. The van der Waals surface area contributed by atoms with E-state index in [4.69, 9.17) is 9.47 Å². The molecule has 0 radical (unpaired) electrons. The third-order valence-electron chi connectivity index (χ3n) is 5.69. The third-order valence-corrected chi connectivity index (χ3v) is 5.69. The van der Waals surface area contributed by atoms with Crippen LogP contribution in [0.3, 0.4) is 0 Å². The number of nitrogens with zero attached hydrogens (tertiary/aromatic N) is 2. The van der Waals surface area contributed by atoms with Crippen LogP contribution in [-0.4, -0.2) is 68.1 Å². The van der Waals surface area contributed by atoms with Crippen LogP contribution in [0.2, 0.25) is 0 Å². The smallest absolute Gasteiger partial charge is 0.278 e. The quantitative estimate of drug-likeness (QED) is 0.693. The molecule has 2 aliphatic rings. The Morgan fingerprint density at radius 2 is 1.68 bits per heavy atom. The molecule has 7 nitrogen and oxygen atoms in total. The lowest BCUT2D eigenvalue weighted by molar-refractivity contribution is -0.137. The van der Waals surface area contributed by atoms with Crippen molar-refractivity contribution < 1.29 is 19.1 Å². The number of benzene rings is 2. The molecule has 31 heavy (non-hydrogen) atoms.